The van der Waals surface area contributed by atoms with Crippen LogP contribution in [0.5, 0.6) is 0 Å². The minimum absolute atomic E-state index is 0.0366. The number of halogens is 2. The van der Waals surface area contributed by atoms with Crippen LogP contribution in [0.25, 0.3) is 22.6 Å². The van der Waals surface area contributed by atoms with Crippen LogP contribution < -0.4 is 0 Å². The predicted octanol–water partition coefficient (Wildman–Crippen LogP) is 4.50. The van der Waals surface area contributed by atoms with Gasteiger partial charge >= 0.3 is 5.97 Å². The van der Waals surface area contributed by atoms with Crippen LogP contribution in [-0.4, -0.2) is 16.1 Å². The Hall–Kier alpha value is -2.04. The molecule has 0 amide bonds. The molecule has 0 aliphatic carbocycles. The largest absolute Gasteiger partial charge is 0.478 e. The number of fused-ring (bicyclic) bond motifs is 1. The standard InChI is InChI=1S/C14H7Cl2NO3/c15-8-2-4-12-11(6-8)17-13(20-12)7-1-3-9(14(18)19)10(16)5-7/h1-6H,(H,18,19). The van der Waals surface area contributed by atoms with Crippen molar-refractivity contribution in [1.82, 2.24) is 4.98 Å². The topological polar surface area (TPSA) is 63.3 Å². The molecule has 0 fully saturated rings. The van der Waals surface area contributed by atoms with Gasteiger partial charge in [-0.15, -0.1) is 0 Å². The van der Waals surface area contributed by atoms with Crippen molar-refractivity contribution in [3.63, 3.8) is 0 Å². The SMILES string of the molecule is O=C(O)c1ccc(-c2nc3cc(Cl)ccc3o2)cc1Cl. The Morgan fingerprint density at radius 1 is 1.15 bits per heavy atom. The van der Waals surface area contributed by atoms with Crippen LogP contribution in [0.15, 0.2) is 40.8 Å². The van der Waals surface area contributed by atoms with Gasteiger partial charge < -0.3 is 9.52 Å². The summed E-state index contributed by atoms with van der Waals surface area (Å²) in [5.41, 5.74) is 1.87. The Morgan fingerprint density at radius 2 is 1.95 bits per heavy atom. The van der Waals surface area contributed by atoms with Gasteiger partial charge in [-0.05, 0) is 36.4 Å². The lowest BCUT2D eigenvalue weighted by Gasteiger charge is -2.00. The molecule has 2 aromatic carbocycles. The summed E-state index contributed by atoms with van der Waals surface area (Å²) in [5.74, 6) is -0.716. The summed E-state index contributed by atoms with van der Waals surface area (Å²) in [7, 11) is 0. The zero-order valence-corrected chi connectivity index (χ0v) is 11.4. The number of rotatable bonds is 2. The van der Waals surface area contributed by atoms with E-state index >= 15 is 0 Å². The average Bonchev–Trinajstić information content (AvgIpc) is 2.81. The highest BCUT2D eigenvalue weighted by Crippen LogP contribution is 2.29. The smallest absolute Gasteiger partial charge is 0.337 e. The van der Waals surface area contributed by atoms with Crippen molar-refractivity contribution in [3.05, 3.63) is 52.0 Å². The van der Waals surface area contributed by atoms with Crippen molar-refractivity contribution in [1.29, 1.82) is 0 Å². The number of benzene rings is 2. The van der Waals surface area contributed by atoms with Gasteiger partial charge in [0.15, 0.2) is 5.58 Å². The molecule has 1 heterocycles. The lowest BCUT2D eigenvalue weighted by molar-refractivity contribution is 0.0697. The fraction of sp³-hybridized carbons (Fsp3) is 0. The third-order valence-electron chi connectivity index (χ3n) is 2.80. The number of aromatic nitrogens is 1. The minimum Gasteiger partial charge on any atom is -0.478 e. The highest BCUT2D eigenvalue weighted by molar-refractivity contribution is 6.33. The van der Waals surface area contributed by atoms with Crippen LogP contribution in [0.1, 0.15) is 10.4 Å². The molecule has 0 unspecified atom stereocenters. The first kappa shape index (κ1) is 13.0. The van der Waals surface area contributed by atoms with Gasteiger partial charge in [0.1, 0.15) is 5.52 Å². The lowest BCUT2D eigenvalue weighted by atomic mass is 10.1. The van der Waals surface area contributed by atoms with Crippen molar-refractivity contribution in [2.75, 3.05) is 0 Å². The summed E-state index contributed by atoms with van der Waals surface area (Å²) in [4.78, 5) is 15.2. The second kappa shape index (κ2) is 4.81. The highest BCUT2D eigenvalue weighted by atomic mass is 35.5. The zero-order valence-electron chi connectivity index (χ0n) is 9.93. The fourth-order valence-corrected chi connectivity index (χ4v) is 2.27. The minimum atomic E-state index is -1.08. The van der Waals surface area contributed by atoms with E-state index < -0.39 is 5.97 Å². The molecular weight excluding hydrogens is 301 g/mol. The number of carboxylic acid groups (broad SMARTS) is 1. The van der Waals surface area contributed by atoms with E-state index in [-0.39, 0.29) is 10.6 Å². The molecule has 4 nitrogen and oxygen atoms in total. The van der Waals surface area contributed by atoms with E-state index in [4.69, 9.17) is 32.7 Å². The number of nitrogens with zero attached hydrogens (tertiary/aromatic N) is 1. The molecule has 0 bridgehead atoms. The second-order valence-corrected chi connectivity index (χ2v) is 4.97. The predicted molar refractivity (Wildman–Crippen MR) is 76.4 cm³/mol. The number of carboxylic acids is 1. The van der Waals surface area contributed by atoms with Gasteiger partial charge in [-0.25, -0.2) is 9.78 Å². The maximum Gasteiger partial charge on any atom is 0.337 e. The molecule has 20 heavy (non-hydrogen) atoms. The lowest BCUT2D eigenvalue weighted by Crippen LogP contribution is -1.97. The summed E-state index contributed by atoms with van der Waals surface area (Å²) in [6.45, 7) is 0. The molecular formula is C14H7Cl2NO3. The van der Waals surface area contributed by atoms with Crippen LogP contribution in [-0.2, 0) is 0 Å². The third-order valence-corrected chi connectivity index (χ3v) is 3.34. The molecule has 6 heteroatoms. The van der Waals surface area contributed by atoms with Gasteiger partial charge in [-0.1, -0.05) is 23.2 Å². The van der Waals surface area contributed by atoms with Gasteiger partial charge in [0.05, 0.1) is 10.6 Å². The number of aromatic carboxylic acids is 1. The van der Waals surface area contributed by atoms with Crippen LogP contribution in [0, 0.1) is 0 Å². The Morgan fingerprint density at radius 3 is 2.65 bits per heavy atom. The van der Waals surface area contributed by atoms with Crippen LogP contribution in [0.2, 0.25) is 10.0 Å². The molecule has 0 atom stereocenters. The molecule has 3 rings (SSSR count). The quantitative estimate of drug-likeness (QED) is 0.757. The molecule has 100 valence electrons. The summed E-state index contributed by atoms with van der Waals surface area (Å²) >= 11 is 11.8. The first-order chi connectivity index (χ1) is 9.54. The third kappa shape index (κ3) is 2.24. The van der Waals surface area contributed by atoms with Gasteiger partial charge in [0.25, 0.3) is 0 Å². The van der Waals surface area contributed by atoms with Gasteiger partial charge in [-0.2, -0.15) is 0 Å². The average molecular weight is 308 g/mol. The molecule has 0 saturated heterocycles. The molecule has 0 saturated carbocycles. The Labute approximate surface area is 123 Å². The fourth-order valence-electron chi connectivity index (χ4n) is 1.85. The molecule has 0 spiro atoms. The van der Waals surface area contributed by atoms with E-state index in [9.17, 15) is 4.79 Å². The van der Waals surface area contributed by atoms with Crippen molar-refractivity contribution in [2.24, 2.45) is 0 Å². The van der Waals surface area contributed by atoms with Crippen molar-refractivity contribution < 1.29 is 14.3 Å². The summed E-state index contributed by atoms with van der Waals surface area (Å²) in [6, 6.07) is 9.65. The molecule has 1 aromatic heterocycles. The monoisotopic (exact) mass is 307 g/mol. The Kier molecular flexibility index (Phi) is 3.12. The molecule has 0 aliphatic heterocycles. The number of carbonyl (C=O) groups is 1. The van der Waals surface area contributed by atoms with Crippen LogP contribution >= 0.6 is 23.2 Å². The van der Waals surface area contributed by atoms with E-state index in [2.05, 4.69) is 4.98 Å². The highest BCUT2D eigenvalue weighted by Gasteiger charge is 2.13. The summed E-state index contributed by atoms with van der Waals surface area (Å²) in [5, 5.41) is 9.63. The molecule has 0 aliphatic rings. The summed E-state index contributed by atoms with van der Waals surface area (Å²) < 4.78 is 5.59. The zero-order chi connectivity index (χ0) is 14.3. The van der Waals surface area contributed by atoms with Crippen LogP contribution in [0.4, 0.5) is 0 Å². The van der Waals surface area contributed by atoms with Crippen LogP contribution in [0.3, 0.4) is 0 Å². The van der Waals surface area contributed by atoms with Crippen molar-refractivity contribution >= 4 is 40.3 Å². The second-order valence-electron chi connectivity index (χ2n) is 4.13. The van der Waals surface area contributed by atoms with E-state index in [1.54, 1.807) is 24.3 Å². The van der Waals surface area contributed by atoms with E-state index in [1.807, 2.05) is 0 Å². The van der Waals surface area contributed by atoms with Crippen molar-refractivity contribution in [3.8, 4) is 11.5 Å². The number of oxazole rings is 1. The van der Waals surface area contributed by atoms with E-state index in [0.29, 0.717) is 27.6 Å². The number of hydrogen-bond donors (Lipinski definition) is 1. The molecule has 3 aromatic rings. The van der Waals surface area contributed by atoms with Gasteiger partial charge in [0.2, 0.25) is 5.89 Å². The Balaban J connectivity index is 2.11. The summed E-state index contributed by atoms with van der Waals surface area (Å²) in [6.07, 6.45) is 0. The first-order valence-corrected chi connectivity index (χ1v) is 6.39. The number of hydrogen-bond acceptors (Lipinski definition) is 3. The maximum absolute atomic E-state index is 10.9. The molecule has 1 N–H and O–H groups in total. The molecule has 0 radical (unpaired) electrons. The van der Waals surface area contributed by atoms with Gasteiger partial charge in [0, 0.05) is 10.6 Å². The van der Waals surface area contributed by atoms with Crippen molar-refractivity contribution in [2.45, 2.75) is 0 Å². The normalized spacial score (nSPS) is 10.9. The van der Waals surface area contributed by atoms with E-state index in [0.717, 1.165) is 0 Å². The Bertz CT molecular complexity index is 826. The van der Waals surface area contributed by atoms with Gasteiger partial charge in [-0.3, -0.25) is 0 Å². The van der Waals surface area contributed by atoms with E-state index in [1.165, 1.54) is 12.1 Å². The maximum atomic E-state index is 10.9. The first-order valence-electron chi connectivity index (χ1n) is 5.64.